The number of hydrogen-bond acceptors (Lipinski definition) is 1. The molecule has 1 aromatic carbocycles. The molecule has 0 atom stereocenters. The lowest BCUT2D eigenvalue weighted by Crippen LogP contribution is -2.38. The number of piperidine rings is 1. The van der Waals surface area contributed by atoms with Crippen LogP contribution >= 0.6 is 0 Å². The number of hydrogen-bond donors (Lipinski definition) is 2. The molecule has 0 unspecified atom stereocenters. The summed E-state index contributed by atoms with van der Waals surface area (Å²) < 4.78 is 0. The van der Waals surface area contributed by atoms with E-state index in [1.807, 2.05) is 0 Å². The monoisotopic (exact) mass is 242 g/mol. The SMILES string of the molecule is CC(C)(c1c[nH]c2ccccc12)C1CCNCC1. The van der Waals surface area contributed by atoms with Gasteiger partial charge in [0, 0.05) is 17.1 Å². The van der Waals surface area contributed by atoms with E-state index in [1.165, 1.54) is 29.3 Å². The van der Waals surface area contributed by atoms with Gasteiger partial charge in [-0.1, -0.05) is 32.0 Å². The molecule has 0 aliphatic carbocycles. The molecule has 2 N–H and O–H groups in total. The van der Waals surface area contributed by atoms with Crippen LogP contribution in [0, 0.1) is 5.92 Å². The topological polar surface area (TPSA) is 27.8 Å². The molecule has 0 radical (unpaired) electrons. The van der Waals surface area contributed by atoms with Crippen LogP contribution < -0.4 is 5.32 Å². The summed E-state index contributed by atoms with van der Waals surface area (Å²) in [5, 5.41) is 4.85. The largest absolute Gasteiger partial charge is 0.361 e. The number of benzene rings is 1. The van der Waals surface area contributed by atoms with Crippen LogP contribution in [-0.4, -0.2) is 18.1 Å². The summed E-state index contributed by atoms with van der Waals surface area (Å²) in [7, 11) is 0. The van der Waals surface area contributed by atoms with Gasteiger partial charge in [-0.3, -0.25) is 0 Å². The van der Waals surface area contributed by atoms with Crippen LogP contribution in [0.4, 0.5) is 0 Å². The second-order valence-corrected chi connectivity index (χ2v) is 5.99. The highest BCUT2D eigenvalue weighted by Crippen LogP contribution is 2.39. The second kappa shape index (κ2) is 4.43. The van der Waals surface area contributed by atoms with Crippen molar-refractivity contribution >= 4 is 10.9 Å². The number of aromatic amines is 1. The van der Waals surface area contributed by atoms with Crippen molar-refractivity contribution in [2.75, 3.05) is 13.1 Å². The number of rotatable bonds is 2. The van der Waals surface area contributed by atoms with Crippen molar-refractivity contribution in [2.24, 2.45) is 5.92 Å². The fourth-order valence-corrected chi connectivity index (χ4v) is 3.37. The Morgan fingerprint density at radius 2 is 1.83 bits per heavy atom. The Balaban J connectivity index is 2.01. The maximum atomic E-state index is 3.46. The van der Waals surface area contributed by atoms with E-state index in [-0.39, 0.29) is 5.41 Å². The van der Waals surface area contributed by atoms with Gasteiger partial charge in [0.25, 0.3) is 0 Å². The molecule has 1 aromatic heterocycles. The van der Waals surface area contributed by atoms with Crippen molar-refractivity contribution in [3.05, 3.63) is 36.0 Å². The Kier molecular flexibility index (Phi) is 2.90. The molecule has 2 aromatic rings. The summed E-state index contributed by atoms with van der Waals surface area (Å²) in [6.45, 7) is 7.13. The molecule has 1 aliphatic heterocycles. The molecule has 0 spiro atoms. The normalized spacial score (nSPS) is 18.3. The van der Waals surface area contributed by atoms with Gasteiger partial charge >= 0.3 is 0 Å². The van der Waals surface area contributed by atoms with Gasteiger partial charge < -0.3 is 10.3 Å². The zero-order valence-electron chi connectivity index (χ0n) is 11.3. The van der Waals surface area contributed by atoms with Gasteiger partial charge in [0.2, 0.25) is 0 Å². The quantitative estimate of drug-likeness (QED) is 0.829. The Labute approximate surface area is 109 Å². The number of fused-ring (bicyclic) bond motifs is 1. The van der Waals surface area contributed by atoms with E-state index in [0.717, 1.165) is 19.0 Å². The molecular formula is C16H22N2. The summed E-state index contributed by atoms with van der Waals surface area (Å²) in [4.78, 5) is 3.42. The number of para-hydroxylation sites is 1. The minimum absolute atomic E-state index is 0.252. The number of nitrogens with one attached hydrogen (secondary N) is 2. The molecule has 96 valence electrons. The van der Waals surface area contributed by atoms with Crippen molar-refractivity contribution < 1.29 is 0 Å². The van der Waals surface area contributed by atoms with E-state index in [1.54, 1.807) is 0 Å². The fourth-order valence-electron chi connectivity index (χ4n) is 3.37. The fraction of sp³-hybridized carbons (Fsp3) is 0.500. The third kappa shape index (κ3) is 1.85. The molecule has 3 rings (SSSR count). The first-order valence-electron chi connectivity index (χ1n) is 6.97. The molecule has 18 heavy (non-hydrogen) atoms. The number of H-pyrrole nitrogens is 1. The lowest BCUT2D eigenvalue weighted by atomic mass is 9.69. The van der Waals surface area contributed by atoms with Crippen molar-refractivity contribution in [1.29, 1.82) is 0 Å². The maximum absolute atomic E-state index is 3.46. The molecule has 1 aliphatic rings. The van der Waals surface area contributed by atoms with Crippen LogP contribution in [0.1, 0.15) is 32.3 Å². The van der Waals surface area contributed by atoms with Crippen LogP contribution in [0.5, 0.6) is 0 Å². The van der Waals surface area contributed by atoms with Crippen molar-refractivity contribution in [1.82, 2.24) is 10.3 Å². The molecule has 1 saturated heterocycles. The first kappa shape index (κ1) is 11.8. The first-order chi connectivity index (χ1) is 8.69. The van der Waals surface area contributed by atoms with Gasteiger partial charge in [-0.05, 0) is 48.9 Å². The van der Waals surface area contributed by atoms with Gasteiger partial charge in [0.15, 0.2) is 0 Å². The zero-order chi connectivity index (χ0) is 12.6. The average molecular weight is 242 g/mol. The highest BCUT2D eigenvalue weighted by molar-refractivity contribution is 5.84. The van der Waals surface area contributed by atoms with E-state index < -0.39 is 0 Å². The Hall–Kier alpha value is -1.28. The van der Waals surface area contributed by atoms with Gasteiger partial charge in [-0.25, -0.2) is 0 Å². The van der Waals surface area contributed by atoms with Crippen LogP contribution in [-0.2, 0) is 5.41 Å². The second-order valence-electron chi connectivity index (χ2n) is 5.99. The summed E-state index contributed by atoms with van der Waals surface area (Å²) in [5.41, 5.74) is 2.99. The van der Waals surface area contributed by atoms with Gasteiger partial charge in [0.1, 0.15) is 0 Å². The molecule has 0 saturated carbocycles. The van der Waals surface area contributed by atoms with E-state index in [0.29, 0.717) is 0 Å². The van der Waals surface area contributed by atoms with E-state index in [4.69, 9.17) is 0 Å². The van der Waals surface area contributed by atoms with Gasteiger partial charge in [-0.2, -0.15) is 0 Å². The lowest BCUT2D eigenvalue weighted by Gasteiger charge is -2.37. The summed E-state index contributed by atoms with van der Waals surface area (Å²) >= 11 is 0. The number of aromatic nitrogens is 1. The predicted octanol–water partition coefficient (Wildman–Crippen LogP) is 3.45. The standard InChI is InChI=1S/C16H22N2/c1-16(2,12-7-9-17-10-8-12)14-11-18-15-6-4-3-5-13(14)15/h3-6,11-12,17-18H,7-10H2,1-2H3. The lowest BCUT2D eigenvalue weighted by molar-refractivity contribution is 0.248. The first-order valence-corrected chi connectivity index (χ1v) is 6.97. The zero-order valence-corrected chi connectivity index (χ0v) is 11.3. The Morgan fingerprint density at radius 3 is 2.61 bits per heavy atom. The molecular weight excluding hydrogens is 220 g/mol. The highest BCUT2D eigenvalue weighted by Gasteiger charge is 2.33. The third-order valence-electron chi connectivity index (χ3n) is 4.64. The maximum Gasteiger partial charge on any atom is 0.0457 e. The molecule has 2 heteroatoms. The van der Waals surface area contributed by atoms with E-state index in [9.17, 15) is 0 Å². The molecule has 1 fully saturated rings. The average Bonchev–Trinajstić information content (AvgIpc) is 2.84. The van der Waals surface area contributed by atoms with Crippen molar-refractivity contribution in [2.45, 2.75) is 32.1 Å². The summed E-state index contributed by atoms with van der Waals surface area (Å²) in [6, 6.07) is 8.64. The summed E-state index contributed by atoms with van der Waals surface area (Å²) in [5.74, 6) is 0.776. The Bertz CT molecular complexity index is 533. The van der Waals surface area contributed by atoms with Crippen molar-refractivity contribution in [3.63, 3.8) is 0 Å². The predicted molar refractivity (Wildman–Crippen MR) is 76.9 cm³/mol. The van der Waals surface area contributed by atoms with Crippen LogP contribution in [0.3, 0.4) is 0 Å². The molecule has 2 nitrogen and oxygen atoms in total. The van der Waals surface area contributed by atoms with Crippen LogP contribution in [0.2, 0.25) is 0 Å². The minimum Gasteiger partial charge on any atom is -0.361 e. The van der Waals surface area contributed by atoms with Crippen molar-refractivity contribution in [3.8, 4) is 0 Å². The minimum atomic E-state index is 0.252. The molecule has 2 heterocycles. The van der Waals surface area contributed by atoms with E-state index >= 15 is 0 Å². The Morgan fingerprint density at radius 1 is 1.11 bits per heavy atom. The van der Waals surface area contributed by atoms with Gasteiger partial charge in [0.05, 0.1) is 0 Å². The molecule has 0 amide bonds. The molecule has 0 bridgehead atoms. The highest BCUT2D eigenvalue weighted by atomic mass is 14.9. The van der Waals surface area contributed by atoms with Crippen LogP contribution in [0.25, 0.3) is 10.9 Å². The summed E-state index contributed by atoms with van der Waals surface area (Å²) in [6.07, 6.45) is 4.78. The smallest absolute Gasteiger partial charge is 0.0457 e. The van der Waals surface area contributed by atoms with Gasteiger partial charge in [-0.15, -0.1) is 0 Å². The third-order valence-corrected chi connectivity index (χ3v) is 4.64. The van der Waals surface area contributed by atoms with E-state index in [2.05, 4.69) is 54.6 Å². The van der Waals surface area contributed by atoms with Crippen LogP contribution in [0.15, 0.2) is 30.5 Å².